The van der Waals surface area contributed by atoms with Gasteiger partial charge in [0.25, 0.3) is 0 Å². The lowest BCUT2D eigenvalue weighted by Crippen LogP contribution is -2.14. The Hall–Kier alpha value is -1.97. The second kappa shape index (κ2) is 7.11. The van der Waals surface area contributed by atoms with Gasteiger partial charge in [0.05, 0.1) is 12.7 Å². The lowest BCUT2D eigenvalue weighted by molar-refractivity contribution is -0.115. The molecule has 3 aromatic rings. The number of hydrogen-bond acceptors (Lipinski definition) is 2. The maximum absolute atomic E-state index is 12.4. The maximum atomic E-state index is 12.4. The van der Waals surface area contributed by atoms with Crippen LogP contribution in [0.15, 0.2) is 41.0 Å². The number of hydrogen-bond donors (Lipinski definition) is 1. The van der Waals surface area contributed by atoms with Crippen LogP contribution < -0.4 is 5.32 Å². The summed E-state index contributed by atoms with van der Waals surface area (Å²) in [7, 11) is 0. The highest BCUT2D eigenvalue weighted by Gasteiger charge is 2.14. The summed E-state index contributed by atoms with van der Waals surface area (Å²) in [5, 5.41) is 4.77. The van der Waals surface area contributed by atoms with Crippen LogP contribution in [0.4, 0.5) is 5.69 Å². The van der Waals surface area contributed by atoms with Gasteiger partial charge in [0, 0.05) is 26.7 Å². The van der Waals surface area contributed by atoms with Crippen molar-refractivity contribution in [2.75, 3.05) is 5.32 Å². The van der Waals surface area contributed by atoms with E-state index in [4.69, 9.17) is 27.6 Å². The van der Waals surface area contributed by atoms with Crippen LogP contribution in [0.25, 0.3) is 11.0 Å². The van der Waals surface area contributed by atoms with E-state index >= 15 is 0 Å². The van der Waals surface area contributed by atoms with Gasteiger partial charge in [0.2, 0.25) is 5.91 Å². The smallest absolute Gasteiger partial charge is 0.228 e. The van der Waals surface area contributed by atoms with Gasteiger partial charge in [-0.2, -0.15) is 0 Å². The van der Waals surface area contributed by atoms with Gasteiger partial charge in [-0.05, 0) is 54.3 Å². The molecular formula is C20H19Cl2NO2. The van der Waals surface area contributed by atoms with Gasteiger partial charge in [0.1, 0.15) is 5.58 Å². The molecule has 0 unspecified atom stereocenters. The van der Waals surface area contributed by atoms with Gasteiger partial charge in [-0.3, -0.25) is 4.79 Å². The predicted octanol–water partition coefficient (Wildman–Crippen LogP) is 6.35. The van der Waals surface area contributed by atoms with Gasteiger partial charge in [-0.15, -0.1) is 0 Å². The molecule has 25 heavy (non-hydrogen) atoms. The van der Waals surface area contributed by atoms with Gasteiger partial charge in [-0.25, -0.2) is 0 Å². The number of aryl methyl sites for hydroxylation is 1. The molecule has 0 aliphatic carbocycles. The van der Waals surface area contributed by atoms with Crippen LogP contribution in [-0.2, 0) is 11.2 Å². The molecule has 0 bridgehead atoms. The standard InChI is InChI=1S/C20H19Cl2NO2/c1-11(2)17-9-18-13(10-25-19(18)4-12(17)3)5-20(24)23-16-7-14(21)6-15(22)8-16/h4,6-11H,5H2,1-3H3,(H,23,24). The van der Waals surface area contributed by atoms with E-state index in [9.17, 15) is 4.79 Å². The minimum Gasteiger partial charge on any atom is -0.464 e. The molecular weight excluding hydrogens is 357 g/mol. The summed E-state index contributed by atoms with van der Waals surface area (Å²) < 4.78 is 5.63. The fourth-order valence-corrected chi connectivity index (χ4v) is 3.53. The van der Waals surface area contributed by atoms with E-state index in [0.29, 0.717) is 21.7 Å². The first-order valence-electron chi connectivity index (χ1n) is 8.10. The molecule has 2 aromatic carbocycles. The molecule has 0 atom stereocenters. The molecule has 1 heterocycles. The Morgan fingerprint density at radius 2 is 1.80 bits per heavy atom. The van der Waals surface area contributed by atoms with E-state index in [0.717, 1.165) is 16.5 Å². The number of carbonyl (C=O) groups excluding carboxylic acids is 1. The number of rotatable bonds is 4. The molecule has 1 amide bonds. The molecule has 0 spiro atoms. The van der Waals surface area contributed by atoms with Crippen LogP contribution in [0.2, 0.25) is 10.0 Å². The Balaban J connectivity index is 1.84. The van der Waals surface area contributed by atoms with Crippen LogP contribution in [0, 0.1) is 6.92 Å². The Kier molecular flexibility index (Phi) is 5.07. The quantitative estimate of drug-likeness (QED) is 0.576. The Morgan fingerprint density at radius 1 is 1.12 bits per heavy atom. The fourth-order valence-electron chi connectivity index (χ4n) is 3.01. The van der Waals surface area contributed by atoms with Crippen molar-refractivity contribution in [2.24, 2.45) is 0 Å². The Morgan fingerprint density at radius 3 is 2.44 bits per heavy atom. The van der Waals surface area contributed by atoms with E-state index in [1.807, 2.05) is 6.07 Å². The number of fused-ring (bicyclic) bond motifs is 1. The Labute approximate surface area is 156 Å². The Bertz CT molecular complexity index is 924. The number of anilines is 1. The number of amides is 1. The predicted molar refractivity (Wildman–Crippen MR) is 104 cm³/mol. The lowest BCUT2D eigenvalue weighted by atomic mass is 9.95. The third-order valence-electron chi connectivity index (χ3n) is 4.16. The highest BCUT2D eigenvalue weighted by molar-refractivity contribution is 6.35. The van der Waals surface area contributed by atoms with Gasteiger partial charge < -0.3 is 9.73 Å². The first-order valence-corrected chi connectivity index (χ1v) is 8.85. The zero-order valence-electron chi connectivity index (χ0n) is 14.3. The topological polar surface area (TPSA) is 42.2 Å². The normalized spacial score (nSPS) is 11.3. The molecule has 130 valence electrons. The van der Waals surface area contributed by atoms with E-state index in [-0.39, 0.29) is 12.3 Å². The summed E-state index contributed by atoms with van der Waals surface area (Å²) in [6.45, 7) is 6.39. The number of furan rings is 1. The lowest BCUT2D eigenvalue weighted by Gasteiger charge is -2.10. The molecule has 0 aliphatic rings. The summed E-state index contributed by atoms with van der Waals surface area (Å²) in [6.07, 6.45) is 1.87. The monoisotopic (exact) mass is 375 g/mol. The number of nitrogens with one attached hydrogen (secondary N) is 1. The van der Waals surface area contributed by atoms with E-state index < -0.39 is 0 Å². The molecule has 1 aromatic heterocycles. The largest absolute Gasteiger partial charge is 0.464 e. The van der Waals surface area contributed by atoms with Crippen molar-refractivity contribution < 1.29 is 9.21 Å². The molecule has 1 N–H and O–H groups in total. The SMILES string of the molecule is Cc1cc2occ(CC(=O)Nc3cc(Cl)cc(Cl)c3)c2cc1C(C)C. The van der Waals surface area contributed by atoms with Crippen molar-refractivity contribution in [3.8, 4) is 0 Å². The van der Waals surface area contributed by atoms with E-state index in [1.165, 1.54) is 11.1 Å². The fraction of sp³-hybridized carbons (Fsp3) is 0.250. The summed E-state index contributed by atoms with van der Waals surface area (Å²) in [5.74, 6) is 0.266. The highest BCUT2D eigenvalue weighted by atomic mass is 35.5. The summed E-state index contributed by atoms with van der Waals surface area (Å²) in [5.41, 5.74) is 4.70. The van der Waals surface area contributed by atoms with Crippen molar-refractivity contribution >= 4 is 45.8 Å². The molecule has 0 saturated carbocycles. The minimum atomic E-state index is -0.146. The zero-order chi connectivity index (χ0) is 18.1. The number of benzene rings is 2. The van der Waals surface area contributed by atoms with Gasteiger partial charge in [-0.1, -0.05) is 37.0 Å². The molecule has 0 fully saturated rings. The minimum absolute atomic E-state index is 0.146. The first kappa shape index (κ1) is 17.8. The summed E-state index contributed by atoms with van der Waals surface area (Å²) in [4.78, 5) is 12.4. The van der Waals surface area contributed by atoms with Crippen LogP contribution in [0.1, 0.15) is 36.5 Å². The van der Waals surface area contributed by atoms with Crippen LogP contribution >= 0.6 is 23.2 Å². The van der Waals surface area contributed by atoms with Crippen molar-refractivity contribution in [3.05, 3.63) is 63.3 Å². The molecule has 3 rings (SSSR count). The number of halogens is 2. The first-order chi connectivity index (χ1) is 11.8. The molecule has 5 heteroatoms. The zero-order valence-corrected chi connectivity index (χ0v) is 15.8. The average Bonchev–Trinajstić information content (AvgIpc) is 2.86. The summed E-state index contributed by atoms with van der Waals surface area (Å²) >= 11 is 11.9. The van der Waals surface area contributed by atoms with E-state index in [2.05, 4.69) is 32.2 Å². The maximum Gasteiger partial charge on any atom is 0.228 e. The second-order valence-corrected chi connectivity index (χ2v) is 7.38. The van der Waals surface area contributed by atoms with E-state index in [1.54, 1.807) is 24.5 Å². The van der Waals surface area contributed by atoms with Gasteiger partial charge >= 0.3 is 0 Å². The summed E-state index contributed by atoms with van der Waals surface area (Å²) in [6, 6.07) is 9.11. The van der Waals surface area contributed by atoms with Crippen molar-refractivity contribution in [1.29, 1.82) is 0 Å². The highest BCUT2D eigenvalue weighted by Crippen LogP contribution is 2.29. The van der Waals surface area contributed by atoms with Crippen molar-refractivity contribution in [2.45, 2.75) is 33.1 Å². The van der Waals surface area contributed by atoms with Crippen LogP contribution in [0.5, 0.6) is 0 Å². The third-order valence-corrected chi connectivity index (χ3v) is 4.60. The average molecular weight is 376 g/mol. The third kappa shape index (κ3) is 4.00. The van der Waals surface area contributed by atoms with Gasteiger partial charge in [0.15, 0.2) is 0 Å². The van der Waals surface area contributed by atoms with Crippen molar-refractivity contribution in [3.63, 3.8) is 0 Å². The molecule has 0 aliphatic heterocycles. The second-order valence-electron chi connectivity index (χ2n) is 6.50. The number of carbonyl (C=O) groups is 1. The van der Waals surface area contributed by atoms with Crippen LogP contribution in [-0.4, -0.2) is 5.91 Å². The molecule has 0 radical (unpaired) electrons. The van der Waals surface area contributed by atoms with Crippen LogP contribution in [0.3, 0.4) is 0 Å². The molecule has 3 nitrogen and oxygen atoms in total. The molecule has 0 saturated heterocycles. The van der Waals surface area contributed by atoms with Crippen molar-refractivity contribution in [1.82, 2.24) is 0 Å².